The molecule has 1 heterocycles. The molecule has 2 N–H and O–H groups in total. The minimum Gasteiger partial charge on any atom is -0.391 e. The predicted octanol–water partition coefficient (Wildman–Crippen LogP) is 2.68. The number of likely N-dealkylation sites (tertiary alicyclic amines) is 1. The highest BCUT2D eigenvalue weighted by molar-refractivity contribution is 9.10. The zero-order valence-corrected chi connectivity index (χ0v) is 11.9. The quantitative estimate of drug-likeness (QED) is 0.837. The molecule has 1 saturated heterocycles. The van der Waals surface area contributed by atoms with Crippen LogP contribution in [-0.4, -0.2) is 35.2 Å². The first-order chi connectivity index (χ1) is 8.56. The molecule has 0 aromatic heterocycles. The van der Waals surface area contributed by atoms with E-state index in [1.165, 1.54) is 0 Å². The number of halogens is 1. The fraction of sp³-hybridized carbons (Fsp3) is 0.462. The van der Waals surface area contributed by atoms with Crippen LogP contribution in [0.1, 0.15) is 13.3 Å². The fourth-order valence-corrected chi connectivity index (χ4v) is 2.23. The van der Waals surface area contributed by atoms with Gasteiger partial charge in [-0.3, -0.25) is 0 Å². The van der Waals surface area contributed by atoms with Gasteiger partial charge in [0, 0.05) is 23.2 Å². The monoisotopic (exact) mass is 312 g/mol. The Hall–Kier alpha value is -1.07. The first-order valence-corrected chi connectivity index (χ1v) is 6.85. The van der Waals surface area contributed by atoms with Crippen molar-refractivity contribution in [3.05, 3.63) is 28.7 Å². The van der Waals surface area contributed by atoms with Gasteiger partial charge in [0.15, 0.2) is 0 Å². The third-order valence-corrected chi connectivity index (χ3v) is 3.83. The number of piperidine rings is 1. The second kappa shape index (κ2) is 5.71. The number of nitrogens with zero attached hydrogens (tertiary/aromatic N) is 1. The van der Waals surface area contributed by atoms with Gasteiger partial charge in [-0.05, 0) is 36.6 Å². The lowest BCUT2D eigenvalue weighted by molar-refractivity contribution is 0.0464. The lowest BCUT2D eigenvalue weighted by atomic mass is 9.96. The van der Waals surface area contributed by atoms with E-state index in [1.54, 1.807) is 4.90 Å². The Morgan fingerprint density at radius 3 is 2.72 bits per heavy atom. The summed E-state index contributed by atoms with van der Waals surface area (Å²) in [4.78, 5) is 13.7. The highest BCUT2D eigenvalue weighted by Gasteiger charge is 2.27. The van der Waals surface area contributed by atoms with Gasteiger partial charge in [-0.15, -0.1) is 0 Å². The topological polar surface area (TPSA) is 52.6 Å². The third kappa shape index (κ3) is 3.23. The molecule has 0 saturated carbocycles. The number of hydrogen-bond acceptors (Lipinski definition) is 2. The summed E-state index contributed by atoms with van der Waals surface area (Å²) in [6, 6.07) is 7.28. The molecule has 98 valence electrons. The summed E-state index contributed by atoms with van der Waals surface area (Å²) in [5.41, 5.74) is 0.760. The molecule has 2 rings (SSSR count). The minimum absolute atomic E-state index is 0.150. The minimum atomic E-state index is -0.422. The van der Waals surface area contributed by atoms with E-state index in [0.29, 0.717) is 13.1 Å². The summed E-state index contributed by atoms with van der Waals surface area (Å²) in [6.45, 7) is 3.11. The number of benzene rings is 1. The van der Waals surface area contributed by atoms with Crippen molar-refractivity contribution < 1.29 is 9.90 Å². The maximum absolute atomic E-state index is 12.0. The smallest absolute Gasteiger partial charge is 0.321 e. The van der Waals surface area contributed by atoms with Crippen molar-refractivity contribution in [2.75, 3.05) is 18.4 Å². The molecular weight excluding hydrogens is 296 g/mol. The molecule has 1 aliphatic rings. The Morgan fingerprint density at radius 1 is 1.44 bits per heavy atom. The average Bonchev–Trinajstić information content (AvgIpc) is 2.35. The van der Waals surface area contributed by atoms with Gasteiger partial charge < -0.3 is 15.3 Å². The van der Waals surface area contributed by atoms with Gasteiger partial charge in [-0.2, -0.15) is 0 Å². The average molecular weight is 313 g/mol. The van der Waals surface area contributed by atoms with Crippen LogP contribution in [0.15, 0.2) is 28.7 Å². The predicted molar refractivity (Wildman–Crippen MR) is 74.5 cm³/mol. The van der Waals surface area contributed by atoms with Crippen LogP contribution in [0, 0.1) is 5.92 Å². The molecule has 0 radical (unpaired) electrons. The molecule has 0 aliphatic carbocycles. The van der Waals surface area contributed by atoms with Crippen LogP contribution in [0.5, 0.6) is 0 Å². The molecule has 1 aromatic rings. The number of hydrogen-bond donors (Lipinski definition) is 2. The van der Waals surface area contributed by atoms with Crippen LogP contribution in [0.2, 0.25) is 0 Å². The number of β-amino-alcohol motifs (C(OH)–C–C–N with tert-alkyl or cyclic N) is 1. The van der Waals surface area contributed by atoms with E-state index in [4.69, 9.17) is 0 Å². The second-order valence-corrected chi connectivity index (χ2v) is 5.63. The number of anilines is 1. The highest BCUT2D eigenvalue weighted by Crippen LogP contribution is 2.19. The molecule has 0 spiro atoms. The molecular formula is C13H17BrN2O2. The van der Waals surface area contributed by atoms with Gasteiger partial charge in [-0.25, -0.2) is 4.79 Å². The van der Waals surface area contributed by atoms with E-state index >= 15 is 0 Å². The molecule has 1 aliphatic heterocycles. The molecule has 1 aromatic carbocycles. The number of aliphatic hydroxyl groups is 1. The number of carbonyl (C=O) groups excluding carboxylic acids is 1. The zero-order valence-electron chi connectivity index (χ0n) is 10.3. The molecule has 4 nitrogen and oxygen atoms in total. The van der Waals surface area contributed by atoms with Gasteiger partial charge in [0.05, 0.1) is 6.10 Å². The van der Waals surface area contributed by atoms with Crippen molar-refractivity contribution in [2.45, 2.75) is 19.4 Å². The van der Waals surface area contributed by atoms with Crippen molar-refractivity contribution in [3.8, 4) is 0 Å². The van der Waals surface area contributed by atoms with Gasteiger partial charge in [0.25, 0.3) is 0 Å². The Labute approximate surface area is 115 Å². The van der Waals surface area contributed by atoms with Crippen LogP contribution >= 0.6 is 15.9 Å². The fourth-order valence-electron chi connectivity index (χ4n) is 1.97. The van der Waals surface area contributed by atoms with E-state index in [9.17, 15) is 9.90 Å². The van der Waals surface area contributed by atoms with Gasteiger partial charge in [0.2, 0.25) is 0 Å². The van der Waals surface area contributed by atoms with E-state index < -0.39 is 6.10 Å². The normalized spacial score (nSPS) is 23.8. The second-order valence-electron chi connectivity index (χ2n) is 4.72. The Balaban J connectivity index is 1.94. The number of nitrogens with one attached hydrogen (secondary N) is 1. The first kappa shape index (κ1) is 13.4. The number of rotatable bonds is 1. The molecule has 2 unspecified atom stereocenters. The summed E-state index contributed by atoms with van der Waals surface area (Å²) in [5.74, 6) is 0.265. The van der Waals surface area contributed by atoms with Gasteiger partial charge >= 0.3 is 6.03 Å². The first-order valence-electron chi connectivity index (χ1n) is 6.06. The van der Waals surface area contributed by atoms with Crippen molar-refractivity contribution >= 4 is 27.6 Å². The van der Waals surface area contributed by atoms with Crippen molar-refractivity contribution in [1.82, 2.24) is 4.90 Å². The molecule has 2 atom stereocenters. The molecule has 1 fully saturated rings. The molecule has 2 amide bonds. The molecule has 18 heavy (non-hydrogen) atoms. The summed E-state index contributed by atoms with van der Waals surface area (Å²) in [6.07, 6.45) is 0.420. The largest absolute Gasteiger partial charge is 0.391 e. The van der Waals surface area contributed by atoms with Crippen molar-refractivity contribution in [1.29, 1.82) is 0 Å². The Bertz CT molecular complexity index is 422. The van der Waals surface area contributed by atoms with Crippen LogP contribution in [0.3, 0.4) is 0 Å². The Kier molecular flexibility index (Phi) is 4.24. The lowest BCUT2D eigenvalue weighted by Crippen LogP contribution is -2.47. The Morgan fingerprint density at radius 2 is 2.11 bits per heavy atom. The van der Waals surface area contributed by atoms with Crippen LogP contribution in [0.25, 0.3) is 0 Å². The van der Waals surface area contributed by atoms with E-state index in [1.807, 2.05) is 31.2 Å². The van der Waals surface area contributed by atoms with Crippen LogP contribution in [0.4, 0.5) is 10.5 Å². The SMILES string of the molecule is CC1CCN(C(=O)Nc2ccc(Br)cc2)CC1O. The van der Waals surface area contributed by atoms with Gasteiger partial charge in [0.1, 0.15) is 0 Å². The zero-order chi connectivity index (χ0) is 13.1. The number of carbonyl (C=O) groups is 1. The number of amides is 2. The summed E-state index contributed by atoms with van der Waals surface area (Å²) < 4.78 is 0.975. The van der Waals surface area contributed by atoms with Gasteiger partial charge in [-0.1, -0.05) is 22.9 Å². The molecule has 0 bridgehead atoms. The standard InChI is InChI=1S/C13H17BrN2O2/c1-9-6-7-16(8-12(9)17)13(18)15-11-4-2-10(14)3-5-11/h2-5,9,12,17H,6-8H2,1H3,(H,15,18). The van der Waals surface area contributed by atoms with E-state index in [-0.39, 0.29) is 11.9 Å². The van der Waals surface area contributed by atoms with Crippen molar-refractivity contribution in [2.24, 2.45) is 5.92 Å². The van der Waals surface area contributed by atoms with E-state index in [0.717, 1.165) is 16.6 Å². The maximum atomic E-state index is 12.0. The lowest BCUT2D eigenvalue weighted by Gasteiger charge is -2.34. The maximum Gasteiger partial charge on any atom is 0.321 e. The summed E-state index contributed by atoms with van der Waals surface area (Å²) in [5, 5.41) is 12.6. The number of urea groups is 1. The molecule has 5 heteroatoms. The van der Waals surface area contributed by atoms with E-state index in [2.05, 4.69) is 21.2 Å². The highest BCUT2D eigenvalue weighted by atomic mass is 79.9. The summed E-state index contributed by atoms with van der Waals surface area (Å²) in [7, 11) is 0. The summed E-state index contributed by atoms with van der Waals surface area (Å²) >= 11 is 3.35. The number of aliphatic hydroxyl groups excluding tert-OH is 1. The van der Waals surface area contributed by atoms with Crippen LogP contribution in [-0.2, 0) is 0 Å². The third-order valence-electron chi connectivity index (χ3n) is 3.30. The van der Waals surface area contributed by atoms with Crippen LogP contribution < -0.4 is 5.32 Å². The van der Waals surface area contributed by atoms with Crippen molar-refractivity contribution in [3.63, 3.8) is 0 Å².